The van der Waals surface area contributed by atoms with Crippen LogP contribution in [-0.4, -0.2) is 83.0 Å². The fraction of sp³-hybridized carbons (Fsp3) is 0.417. The van der Waals surface area contributed by atoms with E-state index < -0.39 is 46.9 Å². The predicted octanol–water partition coefficient (Wildman–Crippen LogP) is 4.05. The highest BCUT2D eigenvalue weighted by Crippen LogP contribution is 2.33. The van der Waals surface area contributed by atoms with Crippen molar-refractivity contribution in [2.75, 3.05) is 19.6 Å². The summed E-state index contributed by atoms with van der Waals surface area (Å²) in [5.74, 6) is -0.953. The van der Waals surface area contributed by atoms with Crippen molar-refractivity contribution in [3.05, 3.63) is 64.7 Å². The van der Waals surface area contributed by atoms with Gasteiger partial charge in [0.15, 0.2) is 0 Å². The van der Waals surface area contributed by atoms with Gasteiger partial charge < -0.3 is 4.18 Å². The Morgan fingerprint density at radius 2 is 1.12 bits per heavy atom. The monoisotopic (exact) mass is 764 g/mol. The van der Waals surface area contributed by atoms with Crippen LogP contribution in [0.3, 0.4) is 0 Å². The molecule has 2 aromatic rings. The summed E-state index contributed by atoms with van der Waals surface area (Å²) >= 11 is 0. The Morgan fingerprint density at radius 1 is 0.646 bits per heavy atom. The number of alkyl halides is 9. The van der Waals surface area contributed by atoms with Crippen molar-refractivity contribution in [2.24, 2.45) is 0 Å². The van der Waals surface area contributed by atoms with Crippen molar-refractivity contribution >= 4 is 42.2 Å². The second-order valence-electron chi connectivity index (χ2n) is 9.82. The van der Waals surface area contributed by atoms with Crippen molar-refractivity contribution in [1.82, 2.24) is 9.80 Å². The van der Waals surface area contributed by atoms with Crippen LogP contribution in [0.5, 0.6) is 5.75 Å². The SMILES string of the molecule is O=C1c2ccccc2C(=O)N1CCCCN1CCc2ccc(OS(=O)(=O)C(F)(F)F)cc2C1.O=S(=O)(OS(=O)(=O)C(F)(F)F)C(F)(F)F. The quantitative estimate of drug-likeness (QED) is 0.119. The summed E-state index contributed by atoms with van der Waals surface area (Å²) in [5.41, 5.74) is -15.5. The summed E-state index contributed by atoms with van der Waals surface area (Å²) in [5, 5.41) is 0. The molecule has 0 radical (unpaired) electrons. The highest BCUT2D eigenvalue weighted by molar-refractivity contribution is 8.00. The lowest BCUT2D eigenvalue weighted by Gasteiger charge is -2.29. The van der Waals surface area contributed by atoms with Gasteiger partial charge >= 0.3 is 46.9 Å². The maximum Gasteiger partial charge on any atom is 0.534 e. The number of carbonyl (C=O) groups excluding carboxylic acids is 2. The predicted molar refractivity (Wildman–Crippen MR) is 143 cm³/mol. The molecule has 4 rings (SSSR count). The third kappa shape index (κ3) is 8.95. The van der Waals surface area contributed by atoms with Gasteiger partial charge in [-0.1, -0.05) is 18.2 Å². The average Bonchev–Trinajstić information content (AvgIpc) is 3.18. The minimum atomic E-state index is -6.85. The fourth-order valence-electron chi connectivity index (χ4n) is 4.25. The number of halogens is 9. The molecule has 0 aromatic heterocycles. The number of benzene rings is 2. The van der Waals surface area contributed by atoms with Crippen LogP contribution >= 0.6 is 0 Å². The normalized spacial score (nSPS) is 16.2. The van der Waals surface area contributed by atoms with E-state index in [0.29, 0.717) is 55.6 Å². The van der Waals surface area contributed by atoms with Gasteiger partial charge in [-0.25, -0.2) is 0 Å². The van der Waals surface area contributed by atoms with Gasteiger partial charge in [-0.2, -0.15) is 64.8 Å². The molecule has 0 unspecified atom stereocenters. The molecule has 268 valence electrons. The summed E-state index contributed by atoms with van der Waals surface area (Å²) in [4.78, 5) is 28.1. The Kier molecular flexibility index (Phi) is 11.2. The van der Waals surface area contributed by atoms with E-state index in [0.717, 1.165) is 12.1 Å². The first-order chi connectivity index (χ1) is 21.8. The number of hydrogen-bond acceptors (Lipinski definition) is 11. The number of imide groups is 1. The van der Waals surface area contributed by atoms with E-state index in [1.807, 2.05) is 3.63 Å². The van der Waals surface area contributed by atoms with Gasteiger partial charge in [0.25, 0.3) is 11.8 Å². The molecule has 2 aromatic carbocycles. The highest BCUT2D eigenvalue weighted by Gasteiger charge is 2.57. The Balaban J connectivity index is 0.000000353. The maximum atomic E-state index is 12.6. The summed E-state index contributed by atoms with van der Waals surface area (Å²) in [7, 11) is -19.4. The van der Waals surface area contributed by atoms with Crippen molar-refractivity contribution in [2.45, 2.75) is 42.3 Å². The Morgan fingerprint density at radius 3 is 1.60 bits per heavy atom. The van der Waals surface area contributed by atoms with Crippen LogP contribution in [0.4, 0.5) is 39.5 Å². The van der Waals surface area contributed by atoms with Crippen molar-refractivity contribution in [3.63, 3.8) is 0 Å². The maximum absolute atomic E-state index is 12.6. The summed E-state index contributed by atoms with van der Waals surface area (Å²) < 4.78 is 174. The van der Waals surface area contributed by atoms with Crippen LogP contribution in [0.25, 0.3) is 0 Å². The molecular formula is C24H21F9N2O10S3. The van der Waals surface area contributed by atoms with E-state index >= 15 is 0 Å². The van der Waals surface area contributed by atoms with Crippen LogP contribution in [0, 0.1) is 0 Å². The zero-order valence-electron chi connectivity index (χ0n) is 23.6. The largest absolute Gasteiger partial charge is 0.534 e. The van der Waals surface area contributed by atoms with Crippen molar-refractivity contribution in [3.8, 4) is 5.75 Å². The van der Waals surface area contributed by atoms with Gasteiger partial charge in [-0.3, -0.25) is 19.4 Å². The average molecular weight is 765 g/mol. The molecule has 0 saturated heterocycles. The van der Waals surface area contributed by atoms with Crippen LogP contribution < -0.4 is 4.18 Å². The van der Waals surface area contributed by atoms with Gasteiger partial charge in [0.05, 0.1) is 11.1 Å². The molecule has 0 aliphatic carbocycles. The summed E-state index contributed by atoms with van der Waals surface area (Å²) in [6.07, 6.45) is 1.99. The van der Waals surface area contributed by atoms with E-state index in [9.17, 15) is 74.4 Å². The molecule has 0 atom stereocenters. The first-order valence-electron chi connectivity index (χ1n) is 12.9. The molecule has 0 N–H and O–H groups in total. The number of carbonyl (C=O) groups is 2. The van der Waals surface area contributed by atoms with Crippen LogP contribution in [-0.2, 0) is 46.9 Å². The molecule has 0 fully saturated rings. The molecule has 48 heavy (non-hydrogen) atoms. The first kappa shape index (κ1) is 39.0. The number of unbranched alkanes of at least 4 members (excludes halogenated alkanes) is 1. The number of fused-ring (bicyclic) bond motifs is 2. The molecular weight excluding hydrogens is 743 g/mol. The minimum absolute atomic E-state index is 0.288. The molecule has 2 heterocycles. The molecule has 0 spiro atoms. The molecule has 24 heteroatoms. The topological polar surface area (TPSA) is 162 Å². The summed E-state index contributed by atoms with van der Waals surface area (Å²) in [6, 6.07) is 10.8. The second-order valence-corrected chi connectivity index (χ2v) is 14.6. The lowest BCUT2D eigenvalue weighted by Crippen LogP contribution is -2.34. The first-order valence-corrected chi connectivity index (χ1v) is 17.1. The van der Waals surface area contributed by atoms with E-state index in [-0.39, 0.29) is 17.6 Å². The lowest BCUT2D eigenvalue weighted by molar-refractivity contribution is -0.0586. The van der Waals surface area contributed by atoms with Gasteiger partial charge in [0.1, 0.15) is 5.75 Å². The van der Waals surface area contributed by atoms with Gasteiger partial charge in [-0.05, 0) is 61.2 Å². The minimum Gasteiger partial charge on any atom is -0.376 e. The Bertz CT molecular complexity index is 1800. The standard InChI is InChI=1S/C22H21F3N2O5S.C2F6O5S2/c23-22(24,25)33(30,31)32-17-8-7-15-9-12-26(14-16(15)13-17)10-3-4-11-27-20(28)18-5-1-2-6-19(18)21(27)29;3-1(4,5)14(9,10)13-15(11,12)2(6,7)8/h1-2,5-8,13H,3-4,9-12,14H2;. The fourth-order valence-corrected chi connectivity index (χ4v) is 6.26. The lowest BCUT2D eigenvalue weighted by atomic mass is 9.99. The van der Waals surface area contributed by atoms with Crippen LogP contribution in [0.2, 0.25) is 0 Å². The van der Waals surface area contributed by atoms with Crippen LogP contribution in [0.1, 0.15) is 44.7 Å². The van der Waals surface area contributed by atoms with Gasteiger partial charge in [0.2, 0.25) is 0 Å². The second kappa shape index (κ2) is 13.8. The number of amides is 2. The van der Waals surface area contributed by atoms with Crippen molar-refractivity contribution in [1.29, 1.82) is 0 Å². The van der Waals surface area contributed by atoms with E-state index in [1.54, 1.807) is 30.3 Å². The van der Waals surface area contributed by atoms with E-state index in [2.05, 4.69) is 9.08 Å². The van der Waals surface area contributed by atoms with Crippen LogP contribution in [0.15, 0.2) is 42.5 Å². The Hall–Kier alpha value is -3.48. The Labute approximate surface area is 266 Å². The van der Waals surface area contributed by atoms with Gasteiger partial charge in [-0.15, -0.1) is 3.63 Å². The van der Waals surface area contributed by atoms with E-state index in [1.165, 1.54) is 17.0 Å². The number of hydrogen-bond donors (Lipinski definition) is 0. The molecule has 2 aliphatic heterocycles. The number of nitrogens with zero attached hydrogens (tertiary/aromatic N) is 2. The number of rotatable bonds is 9. The summed E-state index contributed by atoms with van der Waals surface area (Å²) in [6.45, 7) is 2.14. The highest BCUT2D eigenvalue weighted by atomic mass is 32.3. The van der Waals surface area contributed by atoms with E-state index in [4.69, 9.17) is 0 Å². The molecule has 2 amide bonds. The third-order valence-electron chi connectivity index (χ3n) is 6.49. The smallest absolute Gasteiger partial charge is 0.376 e. The molecule has 0 saturated carbocycles. The van der Waals surface area contributed by atoms with Crippen molar-refractivity contribution < 1.29 is 82.2 Å². The zero-order chi connectivity index (χ0) is 36.5. The molecule has 12 nitrogen and oxygen atoms in total. The zero-order valence-corrected chi connectivity index (χ0v) is 26.0. The molecule has 2 aliphatic rings. The molecule has 0 bridgehead atoms. The third-order valence-corrected chi connectivity index (χ3v) is 10.0. The van der Waals surface area contributed by atoms with Gasteiger partial charge in [0, 0.05) is 19.6 Å².